The first kappa shape index (κ1) is 11.4. The molecular weight excluding hydrogens is 182 g/mol. The summed E-state index contributed by atoms with van der Waals surface area (Å²) in [6.45, 7) is 7.24. The van der Waals surface area contributed by atoms with Crippen LogP contribution in [0.3, 0.4) is 0 Å². The van der Waals surface area contributed by atoms with Gasteiger partial charge >= 0.3 is 0 Å². The van der Waals surface area contributed by atoms with Crippen molar-refractivity contribution in [2.45, 2.75) is 58.9 Å². The van der Waals surface area contributed by atoms with Crippen LogP contribution in [-0.4, -0.2) is 6.04 Å². The average Bonchev–Trinajstić information content (AvgIpc) is 2.59. The fourth-order valence-electron chi connectivity index (χ4n) is 4.60. The molecule has 15 heavy (non-hydrogen) atoms. The second-order valence-corrected chi connectivity index (χ2v) is 5.99. The topological polar surface area (TPSA) is 26.0 Å². The molecular formula is C14H27N. The Hall–Kier alpha value is -0.0400. The van der Waals surface area contributed by atoms with Gasteiger partial charge < -0.3 is 5.73 Å². The molecule has 2 aliphatic carbocycles. The SMILES string of the molecule is CCC1CC2CC(N)CC2C(C)C1CC. The first-order valence-electron chi connectivity index (χ1n) is 6.92. The van der Waals surface area contributed by atoms with Gasteiger partial charge in [-0.3, -0.25) is 0 Å². The molecule has 0 aromatic heterocycles. The van der Waals surface area contributed by atoms with Crippen molar-refractivity contribution >= 4 is 0 Å². The Bertz CT molecular complexity index is 207. The van der Waals surface area contributed by atoms with Crippen molar-refractivity contribution in [1.82, 2.24) is 0 Å². The average molecular weight is 209 g/mol. The molecule has 0 amide bonds. The lowest BCUT2D eigenvalue weighted by Gasteiger charge is -2.43. The molecule has 0 aromatic carbocycles. The van der Waals surface area contributed by atoms with E-state index in [1.807, 2.05) is 0 Å². The van der Waals surface area contributed by atoms with E-state index in [1.54, 1.807) is 0 Å². The van der Waals surface area contributed by atoms with Crippen molar-refractivity contribution < 1.29 is 0 Å². The fraction of sp³-hybridized carbons (Fsp3) is 1.00. The quantitative estimate of drug-likeness (QED) is 0.741. The minimum atomic E-state index is 0.510. The summed E-state index contributed by atoms with van der Waals surface area (Å²) in [5.74, 6) is 4.79. The Morgan fingerprint density at radius 1 is 1.07 bits per heavy atom. The van der Waals surface area contributed by atoms with E-state index in [0.29, 0.717) is 6.04 Å². The number of hydrogen-bond donors (Lipinski definition) is 1. The number of fused-ring (bicyclic) bond motifs is 1. The number of hydrogen-bond acceptors (Lipinski definition) is 1. The van der Waals surface area contributed by atoms with E-state index in [1.165, 1.54) is 32.1 Å². The molecule has 0 spiro atoms. The van der Waals surface area contributed by atoms with Crippen LogP contribution >= 0.6 is 0 Å². The zero-order valence-electron chi connectivity index (χ0n) is 10.6. The largest absolute Gasteiger partial charge is 0.328 e. The van der Waals surface area contributed by atoms with Crippen LogP contribution < -0.4 is 5.73 Å². The van der Waals surface area contributed by atoms with Crippen LogP contribution in [0.2, 0.25) is 0 Å². The Kier molecular flexibility index (Phi) is 3.39. The van der Waals surface area contributed by atoms with Crippen molar-refractivity contribution in [3.05, 3.63) is 0 Å². The van der Waals surface area contributed by atoms with E-state index in [0.717, 1.165) is 29.6 Å². The van der Waals surface area contributed by atoms with E-state index in [9.17, 15) is 0 Å². The van der Waals surface area contributed by atoms with Gasteiger partial charge in [0, 0.05) is 6.04 Å². The maximum atomic E-state index is 6.13. The molecule has 6 unspecified atom stereocenters. The van der Waals surface area contributed by atoms with Crippen LogP contribution in [-0.2, 0) is 0 Å². The van der Waals surface area contributed by atoms with Crippen LogP contribution in [0.1, 0.15) is 52.9 Å². The summed E-state index contributed by atoms with van der Waals surface area (Å²) in [7, 11) is 0. The molecule has 0 radical (unpaired) electrons. The normalized spacial score (nSPS) is 50.4. The molecule has 0 aliphatic heterocycles. The molecule has 6 atom stereocenters. The minimum absolute atomic E-state index is 0.510. The summed E-state index contributed by atoms with van der Waals surface area (Å²) in [6.07, 6.45) is 6.83. The second-order valence-electron chi connectivity index (χ2n) is 5.99. The lowest BCUT2D eigenvalue weighted by molar-refractivity contribution is 0.0595. The smallest absolute Gasteiger partial charge is 0.00444 e. The highest BCUT2D eigenvalue weighted by Gasteiger charge is 2.44. The highest BCUT2D eigenvalue weighted by molar-refractivity contribution is 4.96. The molecule has 2 rings (SSSR count). The first-order chi connectivity index (χ1) is 7.17. The lowest BCUT2D eigenvalue weighted by atomic mass is 9.62. The molecule has 0 bridgehead atoms. The van der Waals surface area contributed by atoms with Crippen molar-refractivity contribution in [1.29, 1.82) is 0 Å². The zero-order chi connectivity index (χ0) is 11.0. The van der Waals surface area contributed by atoms with E-state index < -0.39 is 0 Å². The summed E-state index contributed by atoms with van der Waals surface area (Å²) in [5, 5.41) is 0. The summed E-state index contributed by atoms with van der Waals surface area (Å²) in [5.41, 5.74) is 6.13. The number of nitrogens with two attached hydrogens (primary N) is 1. The predicted molar refractivity (Wildman–Crippen MR) is 65.5 cm³/mol. The highest BCUT2D eigenvalue weighted by Crippen LogP contribution is 2.51. The van der Waals surface area contributed by atoms with Gasteiger partial charge in [-0.2, -0.15) is 0 Å². The number of rotatable bonds is 2. The van der Waals surface area contributed by atoms with Gasteiger partial charge in [-0.25, -0.2) is 0 Å². The van der Waals surface area contributed by atoms with Crippen LogP contribution in [0.4, 0.5) is 0 Å². The molecule has 0 heterocycles. The van der Waals surface area contributed by atoms with Gasteiger partial charge in [0.15, 0.2) is 0 Å². The molecule has 0 aromatic rings. The first-order valence-corrected chi connectivity index (χ1v) is 6.92. The monoisotopic (exact) mass is 209 g/mol. The molecule has 88 valence electrons. The van der Waals surface area contributed by atoms with Gasteiger partial charge in [-0.1, -0.05) is 33.6 Å². The molecule has 1 heteroatoms. The molecule has 2 fully saturated rings. The maximum absolute atomic E-state index is 6.13. The minimum Gasteiger partial charge on any atom is -0.328 e. The molecule has 2 saturated carbocycles. The molecule has 0 saturated heterocycles. The maximum Gasteiger partial charge on any atom is 0.00444 e. The third kappa shape index (κ3) is 1.95. The third-order valence-electron chi connectivity index (χ3n) is 5.34. The second kappa shape index (κ2) is 4.45. The van der Waals surface area contributed by atoms with Crippen LogP contribution in [0.25, 0.3) is 0 Å². The van der Waals surface area contributed by atoms with Gasteiger partial charge in [0.1, 0.15) is 0 Å². The molecule has 2 N–H and O–H groups in total. The molecule has 1 nitrogen and oxygen atoms in total. The summed E-state index contributed by atoms with van der Waals surface area (Å²) >= 11 is 0. The van der Waals surface area contributed by atoms with E-state index >= 15 is 0 Å². The zero-order valence-corrected chi connectivity index (χ0v) is 10.6. The summed E-state index contributed by atoms with van der Waals surface area (Å²) < 4.78 is 0. The Morgan fingerprint density at radius 2 is 1.80 bits per heavy atom. The van der Waals surface area contributed by atoms with Gasteiger partial charge in [0.05, 0.1) is 0 Å². The fourth-order valence-corrected chi connectivity index (χ4v) is 4.60. The predicted octanol–water partition coefficient (Wildman–Crippen LogP) is 3.43. The molecule has 2 aliphatic rings. The van der Waals surface area contributed by atoms with Gasteiger partial charge in [0.2, 0.25) is 0 Å². The standard InChI is InChI=1S/C14H27N/c1-4-10-6-11-7-12(15)8-14(11)9(3)13(10)5-2/h9-14H,4-8,15H2,1-3H3. The Morgan fingerprint density at radius 3 is 2.40 bits per heavy atom. The van der Waals surface area contributed by atoms with E-state index in [4.69, 9.17) is 5.73 Å². The van der Waals surface area contributed by atoms with E-state index in [2.05, 4.69) is 20.8 Å². The van der Waals surface area contributed by atoms with Crippen molar-refractivity contribution in [2.24, 2.45) is 35.3 Å². The third-order valence-corrected chi connectivity index (χ3v) is 5.34. The lowest BCUT2D eigenvalue weighted by Crippen LogP contribution is -2.36. The van der Waals surface area contributed by atoms with Crippen molar-refractivity contribution in [3.8, 4) is 0 Å². The van der Waals surface area contributed by atoms with Crippen LogP contribution in [0.5, 0.6) is 0 Å². The van der Waals surface area contributed by atoms with Crippen molar-refractivity contribution in [3.63, 3.8) is 0 Å². The van der Waals surface area contributed by atoms with Gasteiger partial charge in [-0.15, -0.1) is 0 Å². The summed E-state index contributed by atoms with van der Waals surface area (Å²) in [4.78, 5) is 0. The van der Waals surface area contributed by atoms with Gasteiger partial charge in [0.25, 0.3) is 0 Å². The van der Waals surface area contributed by atoms with E-state index in [-0.39, 0.29) is 0 Å². The summed E-state index contributed by atoms with van der Waals surface area (Å²) in [6, 6.07) is 0.510. The van der Waals surface area contributed by atoms with Crippen molar-refractivity contribution in [2.75, 3.05) is 0 Å². The Labute approximate surface area is 94.8 Å². The highest BCUT2D eigenvalue weighted by atomic mass is 14.7. The Balaban J connectivity index is 2.11. The van der Waals surface area contributed by atoms with Crippen LogP contribution in [0.15, 0.2) is 0 Å². The van der Waals surface area contributed by atoms with Crippen LogP contribution in [0, 0.1) is 29.6 Å². The van der Waals surface area contributed by atoms with Gasteiger partial charge in [-0.05, 0) is 48.9 Å².